The van der Waals surface area contributed by atoms with Crippen LogP contribution >= 0.6 is 0 Å². The van der Waals surface area contributed by atoms with Gasteiger partial charge in [0.2, 0.25) is 0 Å². The van der Waals surface area contributed by atoms with E-state index in [4.69, 9.17) is 10.3 Å². The van der Waals surface area contributed by atoms with E-state index < -0.39 is 10.1 Å². The highest BCUT2D eigenvalue weighted by atomic mass is 32.2. The molecule has 0 fully saturated rings. The van der Waals surface area contributed by atoms with E-state index in [0.29, 0.717) is 16.8 Å². The van der Waals surface area contributed by atoms with Crippen LogP contribution in [-0.4, -0.2) is 13.0 Å². The molecule has 0 spiro atoms. The maximum Gasteiger partial charge on any atom is 0.294 e. The number of benzene rings is 1. The van der Waals surface area contributed by atoms with Gasteiger partial charge >= 0.3 is 0 Å². The van der Waals surface area contributed by atoms with Gasteiger partial charge in [0.05, 0.1) is 4.90 Å². The average Bonchev–Trinajstić information content (AvgIpc) is 1.94. The Morgan fingerprint density at radius 2 is 1.77 bits per heavy atom. The van der Waals surface area contributed by atoms with Crippen molar-refractivity contribution < 1.29 is 13.0 Å². The van der Waals surface area contributed by atoms with Gasteiger partial charge in [-0.2, -0.15) is 8.42 Å². The molecule has 0 aliphatic rings. The SMILES string of the molecule is Cc1cc(S(=O)(=O)O)c(C)cc1N. The maximum atomic E-state index is 10.8. The van der Waals surface area contributed by atoms with Crippen molar-refractivity contribution in [1.82, 2.24) is 0 Å². The van der Waals surface area contributed by atoms with Crippen molar-refractivity contribution >= 4 is 15.8 Å². The number of hydrogen-bond acceptors (Lipinski definition) is 3. The van der Waals surface area contributed by atoms with E-state index in [0.717, 1.165) is 0 Å². The Hall–Kier alpha value is -1.07. The van der Waals surface area contributed by atoms with Crippen LogP contribution in [0.3, 0.4) is 0 Å². The molecule has 0 amide bonds. The number of hydrogen-bond donors (Lipinski definition) is 2. The number of nitrogens with two attached hydrogens (primary N) is 1. The van der Waals surface area contributed by atoms with E-state index in [2.05, 4.69) is 0 Å². The highest BCUT2D eigenvalue weighted by Crippen LogP contribution is 2.21. The summed E-state index contributed by atoms with van der Waals surface area (Å²) >= 11 is 0. The van der Waals surface area contributed by atoms with E-state index in [1.54, 1.807) is 13.8 Å². The zero-order chi connectivity index (χ0) is 10.2. The second-order valence-electron chi connectivity index (χ2n) is 2.95. The molecule has 5 heteroatoms. The average molecular weight is 201 g/mol. The van der Waals surface area contributed by atoms with Crippen LogP contribution in [0.15, 0.2) is 17.0 Å². The van der Waals surface area contributed by atoms with Crippen molar-refractivity contribution in [2.75, 3.05) is 5.73 Å². The lowest BCUT2D eigenvalue weighted by Gasteiger charge is -2.06. The van der Waals surface area contributed by atoms with E-state index in [-0.39, 0.29) is 4.90 Å². The predicted molar refractivity (Wildman–Crippen MR) is 50.1 cm³/mol. The van der Waals surface area contributed by atoms with Crippen LogP contribution in [-0.2, 0) is 10.1 Å². The van der Waals surface area contributed by atoms with Crippen LogP contribution < -0.4 is 5.73 Å². The normalized spacial score (nSPS) is 11.6. The summed E-state index contributed by atoms with van der Waals surface area (Å²) in [4.78, 5) is -0.0841. The molecule has 4 nitrogen and oxygen atoms in total. The van der Waals surface area contributed by atoms with Crippen molar-refractivity contribution in [2.45, 2.75) is 18.7 Å². The standard InChI is InChI=1S/C8H11NO3S/c1-5-4-8(13(10,11)12)6(2)3-7(5)9/h3-4H,9H2,1-2H3,(H,10,11,12). The molecule has 1 rings (SSSR count). The van der Waals surface area contributed by atoms with E-state index in [1.807, 2.05) is 0 Å². The second kappa shape index (κ2) is 3.01. The summed E-state index contributed by atoms with van der Waals surface area (Å²) in [6, 6.07) is 2.89. The topological polar surface area (TPSA) is 80.4 Å². The molecular weight excluding hydrogens is 190 g/mol. The molecule has 0 saturated heterocycles. The monoisotopic (exact) mass is 201 g/mol. The summed E-state index contributed by atoms with van der Waals surface area (Å²) in [7, 11) is -4.13. The van der Waals surface area contributed by atoms with Crippen LogP contribution in [0.5, 0.6) is 0 Å². The largest absolute Gasteiger partial charge is 0.399 e. The van der Waals surface area contributed by atoms with Gasteiger partial charge in [0.25, 0.3) is 10.1 Å². The van der Waals surface area contributed by atoms with E-state index in [9.17, 15) is 8.42 Å². The molecule has 0 aromatic heterocycles. The number of nitrogen functional groups attached to an aromatic ring is 1. The molecule has 0 saturated carbocycles. The predicted octanol–water partition coefficient (Wildman–Crippen LogP) is 1.13. The summed E-state index contributed by atoms with van der Waals surface area (Å²) in [5.41, 5.74) is 7.16. The third-order valence-electron chi connectivity index (χ3n) is 1.84. The Morgan fingerprint density at radius 3 is 2.23 bits per heavy atom. The Bertz CT molecular complexity index is 437. The first-order valence-corrected chi connectivity index (χ1v) is 5.10. The minimum Gasteiger partial charge on any atom is -0.399 e. The fourth-order valence-corrected chi connectivity index (χ4v) is 1.88. The van der Waals surface area contributed by atoms with E-state index in [1.165, 1.54) is 12.1 Å². The molecule has 0 bridgehead atoms. The lowest BCUT2D eigenvalue weighted by Crippen LogP contribution is -2.03. The van der Waals surface area contributed by atoms with Gasteiger partial charge in [0.15, 0.2) is 0 Å². The van der Waals surface area contributed by atoms with Gasteiger partial charge in [-0.25, -0.2) is 0 Å². The molecular formula is C8H11NO3S. The molecule has 0 aliphatic heterocycles. The lowest BCUT2D eigenvalue weighted by molar-refractivity contribution is 0.482. The van der Waals surface area contributed by atoms with Crippen LogP contribution in [0.1, 0.15) is 11.1 Å². The minimum absolute atomic E-state index is 0.0841. The quantitative estimate of drug-likeness (QED) is 0.527. The summed E-state index contributed by atoms with van der Waals surface area (Å²) in [6.07, 6.45) is 0. The third kappa shape index (κ3) is 1.99. The molecule has 1 aromatic carbocycles. The summed E-state index contributed by atoms with van der Waals surface area (Å²) < 4.78 is 30.5. The molecule has 0 radical (unpaired) electrons. The van der Waals surface area contributed by atoms with Gasteiger partial charge in [-0.15, -0.1) is 0 Å². The van der Waals surface area contributed by atoms with Gasteiger partial charge in [-0.1, -0.05) is 0 Å². The molecule has 72 valence electrons. The second-order valence-corrected chi connectivity index (χ2v) is 4.34. The van der Waals surface area contributed by atoms with Crippen molar-refractivity contribution in [1.29, 1.82) is 0 Å². The first-order chi connectivity index (χ1) is 5.82. The van der Waals surface area contributed by atoms with Gasteiger partial charge in [-0.3, -0.25) is 4.55 Å². The molecule has 0 heterocycles. The third-order valence-corrected chi connectivity index (χ3v) is 2.84. The molecule has 1 aromatic rings. The van der Waals surface area contributed by atoms with Crippen LogP contribution in [0.25, 0.3) is 0 Å². The van der Waals surface area contributed by atoms with Crippen LogP contribution in [0.2, 0.25) is 0 Å². The minimum atomic E-state index is -4.13. The Kier molecular flexibility index (Phi) is 2.32. The highest BCUT2D eigenvalue weighted by molar-refractivity contribution is 7.85. The highest BCUT2D eigenvalue weighted by Gasteiger charge is 2.13. The first-order valence-electron chi connectivity index (χ1n) is 3.66. The molecule has 3 N–H and O–H groups in total. The number of rotatable bonds is 1. The zero-order valence-corrected chi connectivity index (χ0v) is 8.22. The van der Waals surface area contributed by atoms with Gasteiger partial charge < -0.3 is 5.73 Å². The Labute approximate surface area is 77.1 Å². The zero-order valence-electron chi connectivity index (χ0n) is 7.40. The fourth-order valence-electron chi connectivity index (χ4n) is 1.09. The van der Waals surface area contributed by atoms with Crippen molar-refractivity contribution in [2.24, 2.45) is 0 Å². The maximum absolute atomic E-state index is 10.8. The molecule has 0 unspecified atom stereocenters. The molecule has 13 heavy (non-hydrogen) atoms. The Balaban J connectivity index is 3.50. The van der Waals surface area contributed by atoms with Crippen molar-refractivity contribution in [3.05, 3.63) is 23.3 Å². The van der Waals surface area contributed by atoms with Crippen LogP contribution in [0, 0.1) is 13.8 Å². The summed E-state index contributed by atoms with van der Waals surface area (Å²) in [5, 5.41) is 0. The molecule has 0 aliphatic carbocycles. The number of aryl methyl sites for hydroxylation is 2. The van der Waals surface area contributed by atoms with Crippen molar-refractivity contribution in [3.63, 3.8) is 0 Å². The van der Waals surface area contributed by atoms with Gasteiger partial charge in [-0.05, 0) is 37.1 Å². The smallest absolute Gasteiger partial charge is 0.294 e. The van der Waals surface area contributed by atoms with Crippen LogP contribution in [0.4, 0.5) is 5.69 Å². The Morgan fingerprint density at radius 1 is 1.23 bits per heavy atom. The summed E-state index contributed by atoms with van der Waals surface area (Å²) in [5.74, 6) is 0. The van der Waals surface area contributed by atoms with Crippen molar-refractivity contribution in [3.8, 4) is 0 Å². The van der Waals surface area contributed by atoms with E-state index >= 15 is 0 Å². The first kappa shape index (κ1) is 10.0. The van der Waals surface area contributed by atoms with Gasteiger partial charge in [0, 0.05) is 5.69 Å². The summed E-state index contributed by atoms with van der Waals surface area (Å²) in [6.45, 7) is 3.27. The lowest BCUT2D eigenvalue weighted by atomic mass is 10.1. The fraction of sp³-hybridized carbons (Fsp3) is 0.250. The number of anilines is 1. The van der Waals surface area contributed by atoms with Gasteiger partial charge in [0.1, 0.15) is 0 Å². The molecule has 0 atom stereocenters.